The predicted octanol–water partition coefficient (Wildman–Crippen LogP) is 12.4. The molecular formula is C45H41FN4O. The van der Waals surface area contributed by atoms with Gasteiger partial charge in [0.05, 0.1) is 22.4 Å². The normalized spacial score (nSPS) is 15.0. The molecule has 0 amide bonds. The molecule has 7 aromatic rings. The van der Waals surface area contributed by atoms with E-state index in [1.807, 2.05) is 12.3 Å². The second-order valence-corrected chi connectivity index (χ2v) is 13.9. The van der Waals surface area contributed by atoms with Crippen LogP contribution >= 0.6 is 0 Å². The molecule has 5 aromatic carbocycles. The Morgan fingerprint density at radius 3 is 2.24 bits per heavy atom. The van der Waals surface area contributed by atoms with Gasteiger partial charge in [-0.15, -0.1) is 0 Å². The molecule has 0 atom stereocenters. The lowest BCUT2D eigenvalue weighted by Crippen LogP contribution is -2.24. The minimum atomic E-state index is -0.237. The van der Waals surface area contributed by atoms with Gasteiger partial charge in [-0.25, -0.2) is 9.37 Å². The maximum atomic E-state index is 14.4. The second kappa shape index (κ2) is 13.3. The van der Waals surface area contributed by atoms with E-state index in [0.717, 1.165) is 57.5 Å². The molecule has 2 aliphatic rings. The SMILES string of the molecule is CCc1ccnc(-n2c3ccccc3c3ccc(Oc4cc(C5CCCCCC5)cc(N5CN(c6cccc(F)c6)c6ccccc65)c4)cc32)c1. The van der Waals surface area contributed by atoms with Crippen LogP contribution in [-0.4, -0.2) is 16.2 Å². The molecule has 1 aliphatic carbocycles. The van der Waals surface area contributed by atoms with Crippen molar-refractivity contribution in [2.24, 2.45) is 0 Å². The van der Waals surface area contributed by atoms with Gasteiger partial charge >= 0.3 is 0 Å². The highest BCUT2D eigenvalue weighted by Crippen LogP contribution is 2.46. The fraction of sp³-hybridized carbons (Fsp3) is 0.222. The van der Waals surface area contributed by atoms with Gasteiger partial charge in [0.15, 0.2) is 0 Å². The molecule has 0 spiro atoms. The second-order valence-electron chi connectivity index (χ2n) is 13.9. The number of hydrogen-bond donors (Lipinski definition) is 0. The third-order valence-corrected chi connectivity index (χ3v) is 10.7. The van der Waals surface area contributed by atoms with Crippen LogP contribution in [0.2, 0.25) is 0 Å². The topological polar surface area (TPSA) is 33.5 Å². The Hall–Kier alpha value is -5.62. The minimum Gasteiger partial charge on any atom is -0.457 e. The van der Waals surface area contributed by atoms with Gasteiger partial charge in [0, 0.05) is 40.5 Å². The van der Waals surface area contributed by atoms with Crippen molar-refractivity contribution in [2.45, 2.75) is 57.8 Å². The van der Waals surface area contributed by atoms with Crippen molar-refractivity contribution in [1.82, 2.24) is 9.55 Å². The van der Waals surface area contributed by atoms with E-state index in [2.05, 4.69) is 118 Å². The molecule has 0 saturated heterocycles. The Morgan fingerprint density at radius 1 is 0.667 bits per heavy atom. The van der Waals surface area contributed by atoms with Crippen molar-refractivity contribution in [3.8, 4) is 17.3 Å². The molecule has 0 N–H and O–H groups in total. The molecule has 6 heteroatoms. The number of anilines is 4. The van der Waals surface area contributed by atoms with E-state index in [9.17, 15) is 4.39 Å². The number of pyridine rings is 1. The number of rotatable bonds is 7. The lowest BCUT2D eigenvalue weighted by Gasteiger charge is -2.25. The molecule has 1 aliphatic heterocycles. The Balaban J connectivity index is 1.14. The molecule has 1 saturated carbocycles. The van der Waals surface area contributed by atoms with Crippen LogP contribution in [0.4, 0.5) is 27.1 Å². The monoisotopic (exact) mass is 672 g/mol. The zero-order valence-corrected chi connectivity index (χ0v) is 28.9. The molecule has 3 heterocycles. The minimum absolute atomic E-state index is 0.237. The van der Waals surface area contributed by atoms with Gasteiger partial charge in [-0.3, -0.25) is 4.57 Å². The van der Waals surface area contributed by atoms with E-state index in [-0.39, 0.29) is 5.82 Å². The first-order valence-corrected chi connectivity index (χ1v) is 18.3. The summed E-state index contributed by atoms with van der Waals surface area (Å²) >= 11 is 0. The fourth-order valence-corrected chi connectivity index (χ4v) is 8.17. The Bertz CT molecular complexity index is 2370. The highest BCUT2D eigenvalue weighted by molar-refractivity contribution is 6.09. The molecular weight excluding hydrogens is 632 g/mol. The van der Waals surface area contributed by atoms with E-state index in [0.29, 0.717) is 12.6 Å². The molecule has 2 aromatic heterocycles. The number of aromatic nitrogens is 2. The lowest BCUT2D eigenvalue weighted by molar-refractivity contribution is 0.480. The van der Waals surface area contributed by atoms with E-state index >= 15 is 0 Å². The van der Waals surface area contributed by atoms with E-state index in [1.165, 1.54) is 66.5 Å². The largest absolute Gasteiger partial charge is 0.457 e. The number of hydrogen-bond acceptors (Lipinski definition) is 4. The molecule has 9 rings (SSSR count). The van der Waals surface area contributed by atoms with Gasteiger partial charge in [0.1, 0.15) is 29.8 Å². The quantitative estimate of drug-likeness (QED) is 0.158. The number of benzene rings is 5. The summed E-state index contributed by atoms with van der Waals surface area (Å²) in [6, 6.07) is 41.3. The molecule has 0 radical (unpaired) electrons. The molecule has 1 fully saturated rings. The van der Waals surface area contributed by atoms with Gasteiger partial charge in [-0.1, -0.05) is 69.0 Å². The number of nitrogens with zero attached hydrogens (tertiary/aromatic N) is 4. The summed E-state index contributed by atoms with van der Waals surface area (Å²) in [5.74, 6) is 2.76. The first-order valence-electron chi connectivity index (χ1n) is 18.3. The van der Waals surface area contributed by atoms with E-state index in [1.54, 1.807) is 12.1 Å². The number of aryl methyl sites for hydroxylation is 1. The van der Waals surface area contributed by atoms with Crippen molar-refractivity contribution in [3.63, 3.8) is 0 Å². The Morgan fingerprint density at radius 2 is 1.43 bits per heavy atom. The molecule has 5 nitrogen and oxygen atoms in total. The number of para-hydroxylation sites is 3. The van der Waals surface area contributed by atoms with E-state index < -0.39 is 0 Å². The van der Waals surface area contributed by atoms with Gasteiger partial charge in [0.2, 0.25) is 0 Å². The van der Waals surface area contributed by atoms with Crippen molar-refractivity contribution < 1.29 is 9.13 Å². The zero-order chi connectivity index (χ0) is 34.3. The molecule has 51 heavy (non-hydrogen) atoms. The summed E-state index contributed by atoms with van der Waals surface area (Å²) in [5.41, 5.74) is 8.83. The van der Waals surface area contributed by atoms with Crippen molar-refractivity contribution in [2.75, 3.05) is 16.5 Å². The van der Waals surface area contributed by atoms with Gasteiger partial charge < -0.3 is 14.5 Å². The van der Waals surface area contributed by atoms with Gasteiger partial charge in [-0.05, 0) is 109 Å². The first kappa shape index (κ1) is 31.4. The van der Waals surface area contributed by atoms with Crippen LogP contribution in [-0.2, 0) is 6.42 Å². The molecule has 254 valence electrons. The summed E-state index contributed by atoms with van der Waals surface area (Å²) in [5, 5.41) is 2.36. The van der Waals surface area contributed by atoms with Gasteiger partial charge in [-0.2, -0.15) is 0 Å². The van der Waals surface area contributed by atoms with E-state index in [4.69, 9.17) is 9.72 Å². The standard InChI is InChI=1S/C45H41FN4O/c1-2-31-22-23-47-45(24-31)50-41-17-8-7-16-39(41)40-21-20-37(29-44(40)50)51-38-26-33(32-12-5-3-4-6-13-32)25-36(28-38)49-30-48(35-15-11-14-34(46)27-35)42-18-9-10-19-43(42)49/h7-11,14-29,32H,2-6,12-13,30H2,1H3. The van der Waals surface area contributed by atoms with Crippen LogP contribution in [0, 0.1) is 5.82 Å². The molecule has 0 unspecified atom stereocenters. The third-order valence-electron chi connectivity index (χ3n) is 10.7. The highest BCUT2D eigenvalue weighted by atomic mass is 19.1. The van der Waals surface area contributed by atoms with Crippen LogP contribution < -0.4 is 14.5 Å². The summed E-state index contributed by atoms with van der Waals surface area (Å²) in [6.45, 7) is 2.75. The Labute approximate surface area is 298 Å². The van der Waals surface area contributed by atoms with Crippen molar-refractivity contribution in [3.05, 3.63) is 144 Å². The number of halogens is 1. The number of ether oxygens (including phenoxy) is 1. The average molecular weight is 673 g/mol. The maximum Gasteiger partial charge on any atom is 0.137 e. The first-order chi connectivity index (χ1) is 25.1. The summed E-state index contributed by atoms with van der Waals surface area (Å²) in [7, 11) is 0. The van der Waals surface area contributed by atoms with Crippen LogP contribution in [0.1, 0.15) is 62.5 Å². The average Bonchev–Trinajstić information content (AvgIpc) is 3.57. The third kappa shape index (κ3) is 5.89. The summed E-state index contributed by atoms with van der Waals surface area (Å²) < 4.78 is 23.5. The van der Waals surface area contributed by atoms with Crippen LogP contribution in [0.5, 0.6) is 11.5 Å². The van der Waals surface area contributed by atoms with Crippen LogP contribution in [0.15, 0.2) is 128 Å². The summed E-state index contributed by atoms with van der Waals surface area (Å²) in [6.07, 6.45) is 10.3. The predicted molar refractivity (Wildman–Crippen MR) is 207 cm³/mol. The van der Waals surface area contributed by atoms with Crippen LogP contribution in [0.25, 0.3) is 27.6 Å². The van der Waals surface area contributed by atoms with Crippen molar-refractivity contribution >= 4 is 44.6 Å². The smallest absolute Gasteiger partial charge is 0.137 e. The van der Waals surface area contributed by atoms with Crippen LogP contribution in [0.3, 0.4) is 0 Å². The Kier molecular flexibility index (Phi) is 8.15. The van der Waals surface area contributed by atoms with Gasteiger partial charge in [0.25, 0.3) is 0 Å². The lowest BCUT2D eigenvalue weighted by atomic mass is 9.91. The van der Waals surface area contributed by atoms with Crippen molar-refractivity contribution in [1.29, 1.82) is 0 Å². The zero-order valence-electron chi connectivity index (χ0n) is 28.9. The summed E-state index contributed by atoms with van der Waals surface area (Å²) in [4.78, 5) is 9.33. The number of fused-ring (bicyclic) bond motifs is 4. The maximum absolute atomic E-state index is 14.4. The molecule has 0 bridgehead atoms. The highest BCUT2D eigenvalue weighted by Gasteiger charge is 2.29. The fourth-order valence-electron chi connectivity index (χ4n) is 8.17.